The van der Waals surface area contributed by atoms with Crippen LogP contribution in [0.2, 0.25) is 0 Å². The lowest BCUT2D eigenvalue weighted by Crippen LogP contribution is -1.99. The van der Waals surface area contributed by atoms with E-state index in [1.54, 1.807) is 24.3 Å². The van der Waals surface area contributed by atoms with Gasteiger partial charge in [0.25, 0.3) is 0 Å². The average Bonchev–Trinajstić information content (AvgIpc) is 2.03. The first-order valence-electron chi connectivity index (χ1n) is 3.30. The molecule has 0 amide bonds. The zero-order valence-electron chi connectivity index (χ0n) is 6.16. The Morgan fingerprint density at radius 1 is 1.50 bits per heavy atom. The van der Waals surface area contributed by atoms with Crippen molar-refractivity contribution in [3.8, 4) is 0 Å². The maximum absolute atomic E-state index is 10.5. The lowest BCUT2D eigenvalue weighted by Gasteiger charge is -1.95. The van der Waals surface area contributed by atoms with Gasteiger partial charge >= 0.3 is 5.97 Å². The molecule has 0 radical (unpaired) electrons. The van der Waals surface area contributed by atoms with Crippen molar-refractivity contribution in [2.45, 2.75) is 6.42 Å². The molecule has 0 atom stereocenters. The molecule has 3 nitrogen and oxygen atoms in total. The van der Waals surface area contributed by atoms with Crippen molar-refractivity contribution in [3.63, 3.8) is 0 Å². The van der Waals surface area contributed by atoms with Gasteiger partial charge in [0.2, 0.25) is 0 Å². The molecule has 0 spiro atoms. The summed E-state index contributed by atoms with van der Waals surface area (Å²) in [5.41, 5.74) is 0.704. The fraction of sp³-hybridized carbons (Fsp3) is 0.125. The fourth-order valence-corrected chi connectivity index (χ4v) is 1.75. The quantitative estimate of drug-likeness (QED) is 0.858. The van der Waals surface area contributed by atoms with Gasteiger partial charge in [-0.15, -0.1) is 0 Å². The molecule has 0 saturated carbocycles. The van der Waals surface area contributed by atoms with E-state index >= 15 is 0 Å². The molecule has 0 fully saturated rings. The van der Waals surface area contributed by atoms with E-state index in [0.717, 1.165) is 3.57 Å². The molecule has 0 aliphatic rings. The topological polar surface area (TPSA) is 54.4 Å². The van der Waals surface area contributed by atoms with Crippen LogP contribution in [0.5, 0.6) is 0 Å². The molecule has 1 aromatic carbocycles. The third kappa shape index (κ3) is 2.69. The summed E-state index contributed by atoms with van der Waals surface area (Å²) in [5.74, 6) is -0.865. The smallest absolute Gasteiger partial charge is 0.307 e. The Morgan fingerprint density at radius 2 is 2.25 bits per heavy atom. The zero-order chi connectivity index (χ0) is 8.97. The van der Waals surface area contributed by atoms with Crippen LogP contribution in [0.25, 0.3) is 0 Å². The molecule has 0 bridgehead atoms. The van der Waals surface area contributed by atoms with Gasteiger partial charge in [-0.2, -0.15) is 0 Å². The Kier molecular flexibility index (Phi) is 3.33. The number of rotatable bonds is 3. The van der Waals surface area contributed by atoms with Crippen LogP contribution in [0.4, 0.5) is 0 Å². The number of carbonyl (C=O) groups is 1. The van der Waals surface area contributed by atoms with Crippen molar-refractivity contribution in [3.05, 3.63) is 33.4 Å². The monoisotopic (exact) mass is 278 g/mol. The standard InChI is InChI=1S/C8H7IO3/c10-8(11)5-6-2-1-3-7(4-6)9-12/h1-4H,5H2,(H,10,11). The summed E-state index contributed by atoms with van der Waals surface area (Å²) in [6.07, 6.45) is -0.00240. The molecule has 0 aliphatic heterocycles. The minimum absolute atomic E-state index is 0.00240. The second-order valence-electron chi connectivity index (χ2n) is 2.28. The first-order chi connectivity index (χ1) is 5.72. The number of hydrogen-bond acceptors (Lipinski definition) is 2. The first-order valence-corrected chi connectivity index (χ1v) is 5.26. The number of carboxylic acid groups (broad SMARTS) is 1. The van der Waals surface area contributed by atoms with Gasteiger partial charge in [-0.1, -0.05) is 12.1 Å². The van der Waals surface area contributed by atoms with E-state index < -0.39 is 27.2 Å². The molecule has 1 N–H and O–H groups in total. The van der Waals surface area contributed by atoms with E-state index in [0.29, 0.717) is 5.56 Å². The maximum atomic E-state index is 10.5. The second kappa shape index (κ2) is 4.30. The van der Waals surface area contributed by atoms with Gasteiger partial charge in [0.05, 0.1) is 6.42 Å². The molecule has 0 aliphatic carbocycles. The van der Waals surface area contributed by atoms with Gasteiger partial charge in [0.1, 0.15) is 0 Å². The van der Waals surface area contributed by atoms with E-state index in [1.165, 1.54) is 0 Å². The highest BCUT2D eigenvalue weighted by Gasteiger charge is 2.00. The molecule has 4 heteroatoms. The molecular formula is C8H7IO3. The third-order valence-electron chi connectivity index (χ3n) is 1.33. The Morgan fingerprint density at radius 3 is 2.83 bits per heavy atom. The molecular weight excluding hydrogens is 271 g/mol. The molecule has 1 aromatic rings. The number of carboxylic acids is 1. The van der Waals surface area contributed by atoms with Crippen LogP contribution in [0, 0.1) is 3.57 Å². The molecule has 0 aromatic heterocycles. The zero-order valence-corrected chi connectivity index (χ0v) is 8.32. The largest absolute Gasteiger partial charge is 0.481 e. The summed E-state index contributed by atoms with van der Waals surface area (Å²) in [6, 6.07) is 6.86. The van der Waals surface area contributed by atoms with Crippen molar-refractivity contribution in [2.24, 2.45) is 0 Å². The predicted octanol–water partition coefficient (Wildman–Crippen LogP) is 1.80. The summed E-state index contributed by atoms with van der Waals surface area (Å²) in [6.45, 7) is 0. The fourth-order valence-electron chi connectivity index (χ4n) is 0.870. The minimum Gasteiger partial charge on any atom is -0.481 e. The van der Waals surface area contributed by atoms with Crippen LogP contribution in [-0.2, 0) is 14.3 Å². The Balaban J connectivity index is 2.86. The van der Waals surface area contributed by atoms with Gasteiger partial charge in [-0.05, 0) is 17.7 Å². The van der Waals surface area contributed by atoms with Crippen LogP contribution in [0.15, 0.2) is 24.3 Å². The Hall–Kier alpha value is -0.780. The van der Waals surface area contributed by atoms with Crippen LogP contribution in [-0.4, -0.2) is 11.1 Å². The van der Waals surface area contributed by atoms with E-state index in [1.807, 2.05) is 0 Å². The third-order valence-corrected chi connectivity index (χ3v) is 2.51. The van der Waals surface area contributed by atoms with Crippen molar-refractivity contribution < 1.29 is 13.0 Å². The van der Waals surface area contributed by atoms with Gasteiger partial charge in [-0.25, -0.2) is 0 Å². The Bertz CT molecular complexity index is 309. The van der Waals surface area contributed by atoms with Crippen molar-refractivity contribution >= 4 is 27.2 Å². The van der Waals surface area contributed by atoms with Crippen LogP contribution < -0.4 is 0 Å². The average molecular weight is 278 g/mol. The number of benzene rings is 1. The molecule has 0 heterocycles. The van der Waals surface area contributed by atoms with E-state index in [2.05, 4.69) is 0 Å². The van der Waals surface area contributed by atoms with Crippen molar-refractivity contribution in [1.82, 2.24) is 0 Å². The van der Waals surface area contributed by atoms with Crippen LogP contribution in [0.1, 0.15) is 5.56 Å². The lowest BCUT2D eigenvalue weighted by atomic mass is 10.2. The summed E-state index contributed by atoms with van der Waals surface area (Å²) < 4.78 is 11.3. The summed E-state index contributed by atoms with van der Waals surface area (Å²) in [4.78, 5) is 10.3. The highest BCUT2D eigenvalue weighted by atomic mass is 127. The van der Waals surface area contributed by atoms with Crippen LogP contribution >= 0.6 is 21.2 Å². The van der Waals surface area contributed by atoms with Gasteiger partial charge in [0, 0.05) is 3.57 Å². The highest BCUT2D eigenvalue weighted by molar-refractivity contribution is 14.1. The predicted molar refractivity (Wildman–Crippen MR) is 51.2 cm³/mol. The molecule has 0 unspecified atom stereocenters. The van der Waals surface area contributed by atoms with Crippen molar-refractivity contribution in [1.29, 1.82) is 0 Å². The number of hydrogen-bond donors (Lipinski definition) is 1. The summed E-state index contributed by atoms with van der Waals surface area (Å²) >= 11 is -1.18. The molecule has 64 valence electrons. The normalized spacial score (nSPS) is 9.67. The van der Waals surface area contributed by atoms with E-state index in [4.69, 9.17) is 5.11 Å². The highest BCUT2D eigenvalue weighted by Crippen LogP contribution is 2.11. The lowest BCUT2D eigenvalue weighted by molar-refractivity contribution is -0.136. The van der Waals surface area contributed by atoms with Gasteiger partial charge in [-0.3, -0.25) is 7.86 Å². The molecule has 0 saturated heterocycles. The summed E-state index contributed by atoms with van der Waals surface area (Å²) in [5, 5.41) is 8.46. The van der Waals surface area contributed by atoms with E-state index in [-0.39, 0.29) is 6.42 Å². The first kappa shape index (κ1) is 9.31. The number of halogens is 1. The number of aliphatic carboxylic acids is 1. The summed E-state index contributed by atoms with van der Waals surface area (Å²) in [7, 11) is 0. The second-order valence-corrected chi connectivity index (χ2v) is 3.96. The van der Waals surface area contributed by atoms with Crippen LogP contribution in [0.3, 0.4) is 0 Å². The Labute approximate surface area is 80.1 Å². The van der Waals surface area contributed by atoms with Gasteiger partial charge in [0.15, 0.2) is 21.2 Å². The van der Waals surface area contributed by atoms with Gasteiger partial charge < -0.3 is 5.11 Å². The maximum Gasteiger partial charge on any atom is 0.307 e. The molecule has 12 heavy (non-hydrogen) atoms. The van der Waals surface area contributed by atoms with E-state index in [9.17, 15) is 7.86 Å². The SMILES string of the molecule is O=Ic1cccc(CC(=O)O)c1. The van der Waals surface area contributed by atoms with Crippen molar-refractivity contribution in [2.75, 3.05) is 0 Å². The molecule has 1 rings (SSSR count). The minimum atomic E-state index is -1.18.